The lowest BCUT2D eigenvalue weighted by Gasteiger charge is -2.34. The Morgan fingerprint density at radius 2 is 0.667 bits per heavy atom. The lowest BCUT2D eigenvalue weighted by Crippen LogP contribution is -2.74. The minimum Gasteiger partial charge on any atom is -0.309 e. The molecule has 2 nitrogen and oxygen atoms in total. The third kappa shape index (κ3) is 5.18. The molecular weight excluding hydrogens is 777 g/mol. The number of benzene rings is 11. The molecule has 0 bridgehead atoms. The molecule has 13 rings (SSSR count). The second-order valence-electron chi connectivity index (χ2n) is 16.8. The highest BCUT2D eigenvalue weighted by molar-refractivity contribution is 7.20. The molecule has 0 unspecified atom stereocenters. The Labute approximate surface area is 366 Å². The average Bonchev–Trinajstić information content (AvgIpc) is 3.88. The van der Waals surface area contributed by atoms with Crippen LogP contribution in [0.1, 0.15) is 0 Å². The Morgan fingerprint density at radius 1 is 0.222 bits per heavy atom. The smallest absolute Gasteiger partial charge is 0.179 e. The van der Waals surface area contributed by atoms with Crippen LogP contribution in [0.2, 0.25) is 0 Å². The molecule has 2 heterocycles. The van der Waals surface area contributed by atoms with Gasteiger partial charge in [0.15, 0.2) is 8.07 Å². The van der Waals surface area contributed by atoms with Crippen LogP contribution in [0.5, 0.6) is 0 Å². The monoisotopic (exact) mass is 816 g/mol. The molecule has 294 valence electrons. The Balaban J connectivity index is 1.20. The van der Waals surface area contributed by atoms with Crippen LogP contribution < -0.4 is 20.7 Å². The number of aromatic nitrogens is 2. The summed E-state index contributed by atoms with van der Waals surface area (Å²) in [5, 5.41) is 18.2. The van der Waals surface area contributed by atoms with Crippen molar-refractivity contribution in [3.05, 3.63) is 243 Å². The van der Waals surface area contributed by atoms with Crippen molar-refractivity contribution in [2.75, 3.05) is 0 Å². The summed E-state index contributed by atoms with van der Waals surface area (Å²) in [5.41, 5.74) is 7.11. The van der Waals surface area contributed by atoms with Crippen LogP contribution in [0.15, 0.2) is 243 Å². The van der Waals surface area contributed by atoms with Gasteiger partial charge in [-0.05, 0) is 96.2 Å². The van der Waals surface area contributed by atoms with E-state index in [1.807, 2.05) is 0 Å². The van der Waals surface area contributed by atoms with E-state index >= 15 is 0 Å². The van der Waals surface area contributed by atoms with Gasteiger partial charge >= 0.3 is 0 Å². The summed E-state index contributed by atoms with van der Waals surface area (Å²) in [6.45, 7) is 0. The van der Waals surface area contributed by atoms with Gasteiger partial charge in [-0.3, -0.25) is 0 Å². The largest absolute Gasteiger partial charge is 0.309 e. The fourth-order valence-corrected chi connectivity index (χ4v) is 15.8. The summed E-state index contributed by atoms with van der Waals surface area (Å²) in [6.07, 6.45) is 0. The first kappa shape index (κ1) is 35.7. The van der Waals surface area contributed by atoms with Crippen LogP contribution in [-0.4, -0.2) is 17.2 Å². The zero-order chi connectivity index (χ0) is 41.5. The second kappa shape index (κ2) is 14.0. The maximum atomic E-state index is 2.56. The van der Waals surface area contributed by atoms with E-state index in [1.54, 1.807) is 0 Å². The van der Waals surface area contributed by atoms with Gasteiger partial charge in [0.1, 0.15) is 0 Å². The standard InChI is InChI=1S/C60H40N2Si/c1-5-19-41(20-6-1)61-55-32-18-17-30-50(55)54-39-42(33-37-56(54)61)62-57-38-36-52-49-29-14-13-27-47(49)48-28-15-16-31-51(48)59(52)60(57)53-35-34-46(40-58(53)62)63(43-21-7-2-8-22-43,44-23-9-3-10-24-44)45-25-11-4-12-26-45/h1-40H. The van der Waals surface area contributed by atoms with Gasteiger partial charge in [0.25, 0.3) is 0 Å². The number of nitrogens with zero attached hydrogens (tertiary/aromatic N) is 2. The van der Waals surface area contributed by atoms with Crippen LogP contribution in [0, 0.1) is 0 Å². The van der Waals surface area contributed by atoms with Crippen molar-refractivity contribution in [1.29, 1.82) is 0 Å². The van der Waals surface area contributed by atoms with E-state index in [4.69, 9.17) is 0 Å². The topological polar surface area (TPSA) is 9.86 Å². The molecule has 0 amide bonds. The maximum absolute atomic E-state index is 2.85. The second-order valence-corrected chi connectivity index (χ2v) is 20.6. The summed E-state index contributed by atoms with van der Waals surface area (Å²) >= 11 is 0. The molecule has 0 N–H and O–H groups in total. The SMILES string of the molecule is c1ccc(-n2c3ccccc3c3cc(-n4c5cc([Si](c6ccccc6)(c6ccccc6)c6ccccc6)ccc5c5c6c7ccccc7c7ccccc7c6ccc54)ccc32)cc1. The molecule has 0 aliphatic rings. The Morgan fingerprint density at radius 3 is 1.29 bits per heavy atom. The minimum absolute atomic E-state index is 1.14. The maximum Gasteiger partial charge on any atom is 0.179 e. The van der Waals surface area contributed by atoms with E-state index in [9.17, 15) is 0 Å². The van der Waals surface area contributed by atoms with Gasteiger partial charge in [-0.25, -0.2) is 0 Å². The van der Waals surface area contributed by atoms with Crippen molar-refractivity contribution in [2.45, 2.75) is 0 Å². The van der Waals surface area contributed by atoms with Crippen LogP contribution in [0.25, 0.3) is 87.3 Å². The Bertz CT molecular complexity index is 3760. The molecule has 0 fully saturated rings. The molecular formula is C60H40N2Si. The Hall–Kier alpha value is -7.98. The summed E-state index contributed by atoms with van der Waals surface area (Å²) in [4.78, 5) is 0. The Kier molecular flexibility index (Phi) is 7.96. The highest BCUT2D eigenvalue weighted by Crippen LogP contribution is 2.44. The highest BCUT2D eigenvalue weighted by Gasteiger charge is 2.41. The predicted molar refractivity (Wildman–Crippen MR) is 271 cm³/mol. The number of para-hydroxylation sites is 2. The summed E-state index contributed by atoms with van der Waals surface area (Å²) in [6, 6.07) is 90.6. The number of rotatable bonds is 6. The van der Waals surface area contributed by atoms with Crippen molar-refractivity contribution in [1.82, 2.24) is 9.13 Å². The van der Waals surface area contributed by atoms with Gasteiger partial charge in [-0.15, -0.1) is 0 Å². The molecule has 63 heavy (non-hydrogen) atoms. The normalized spacial score (nSPS) is 12.1. The first-order valence-corrected chi connectivity index (χ1v) is 23.9. The number of fused-ring (bicyclic) bond motifs is 13. The van der Waals surface area contributed by atoms with Crippen LogP contribution >= 0.6 is 0 Å². The average molecular weight is 817 g/mol. The zero-order valence-electron chi connectivity index (χ0n) is 34.5. The third-order valence-electron chi connectivity index (χ3n) is 13.6. The van der Waals surface area contributed by atoms with E-state index < -0.39 is 8.07 Å². The van der Waals surface area contributed by atoms with Crippen molar-refractivity contribution >= 4 is 105 Å². The van der Waals surface area contributed by atoms with E-state index in [2.05, 4.69) is 252 Å². The molecule has 0 spiro atoms. The highest BCUT2D eigenvalue weighted by atomic mass is 28.3. The van der Waals surface area contributed by atoms with E-state index in [0.29, 0.717) is 0 Å². The quantitative estimate of drug-likeness (QED) is 0.0899. The van der Waals surface area contributed by atoms with Crippen LogP contribution in [0.4, 0.5) is 0 Å². The molecule has 3 heteroatoms. The number of hydrogen-bond donors (Lipinski definition) is 0. The molecule has 0 aliphatic heterocycles. The van der Waals surface area contributed by atoms with Gasteiger partial charge in [0.05, 0.1) is 22.1 Å². The minimum atomic E-state index is -2.85. The predicted octanol–water partition coefficient (Wildman–Crippen LogP) is 12.7. The fourth-order valence-electron chi connectivity index (χ4n) is 11.0. The van der Waals surface area contributed by atoms with E-state index in [0.717, 1.165) is 11.4 Å². The van der Waals surface area contributed by atoms with Gasteiger partial charge in [0, 0.05) is 38.3 Å². The lowest BCUT2D eigenvalue weighted by molar-refractivity contribution is 1.17. The molecule has 0 aliphatic carbocycles. The molecule has 11 aromatic carbocycles. The van der Waals surface area contributed by atoms with Crippen LogP contribution in [0.3, 0.4) is 0 Å². The van der Waals surface area contributed by atoms with Crippen molar-refractivity contribution in [3.63, 3.8) is 0 Å². The third-order valence-corrected chi connectivity index (χ3v) is 18.4. The summed E-state index contributed by atoms with van der Waals surface area (Å²) < 4.78 is 4.97. The van der Waals surface area contributed by atoms with Gasteiger partial charge in [-0.2, -0.15) is 0 Å². The number of hydrogen-bond acceptors (Lipinski definition) is 0. The summed E-state index contributed by atoms with van der Waals surface area (Å²) in [5.74, 6) is 0. The first-order chi connectivity index (χ1) is 31.3. The van der Waals surface area contributed by atoms with Gasteiger partial charge in [-0.1, -0.05) is 194 Å². The van der Waals surface area contributed by atoms with E-state index in [-0.39, 0.29) is 0 Å². The molecule has 0 saturated carbocycles. The molecule has 0 atom stereocenters. The zero-order valence-corrected chi connectivity index (χ0v) is 35.5. The molecule has 2 aromatic heterocycles. The fraction of sp³-hybridized carbons (Fsp3) is 0. The first-order valence-electron chi connectivity index (χ1n) is 21.9. The van der Waals surface area contributed by atoms with Crippen molar-refractivity contribution < 1.29 is 0 Å². The van der Waals surface area contributed by atoms with E-state index in [1.165, 1.54) is 96.7 Å². The van der Waals surface area contributed by atoms with Crippen LogP contribution in [-0.2, 0) is 0 Å². The van der Waals surface area contributed by atoms with Crippen molar-refractivity contribution in [3.8, 4) is 11.4 Å². The molecule has 0 saturated heterocycles. The van der Waals surface area contributed by atoms with Gasteiger partial charge < -0.3 is 9.13 Å². The van der Waals surface area contributed by atoms with Gasteiger partial charge in [0.2, 0.25) is 0 Å². The lowest BCUT2D eigenvalue weighted by atomic mass is 9.92. The van der Waals surface area contributed by atoms with Crippen molar-refractivity contribution in [2.24, 2.45) is 0 Å². The molecule has 0 radical (unpaired) electrons. The molecule has 13 aromatic rings. The summed E-state index contributed by atoms with van der Waals surface area (Å²) in [7, 11) is -2.85.